The molecule has 0 aromatic carbocycles. The van der Waals surface area contributed by atoms with E-state index in [1.165, 1.54) is 6.42 Å². The first kappa shape index (κ1) is 25.2. The summed E-state index contributed by atoms with van der Waals surface area (Å²) in [6, 6.07) is 0. The third-order valence-corrected chi connectivity index (χ3v) is 12.9. The Morgan fingerprint density at radius 1 is 0.912 bits per heavy atom. The van der Waals surface area contributed by atoms with Crippen LogP contribution in [0.25, 0.3) is 0 Å². The lowest BCUT2D eigenvalue weighted by Crippen LogP contribution is -2.66. The Balaban J connectivity index is 1.46. The molecule has 0 bridgehead atoms. The standard InChI is InChI=1S/C30H50O4/c1-15(2)17(4)29(6)14-22(29)16(3)20-8-9-21-24-23(32)13-18-12-19(31)10-11-28(18,5)25(24)26(33)27(34)30(20,21)7/h13,15-17,19-27,31-34H,8-12,14H2,1-7H3. The van der Waals surface area contributed by atoms with Gasteiger partial charge in [-0.15, -0.1) is 0 Å². The highest BCUT2D eigenvalue weighted by atomic mass is 16.3. The molecule has 4 heteroatoms. The van der Waals surface area contributed by atoms with Crippen LogP contribution in [0.4, 0.5) is 0 Å². The van der Waals surface area contributed by atoms with Crippen LogP contribution < -0.4 is 0 Å². The van der Waals surface area contributed by atoms with Crippen molar-refractivity contribution < 1.29 is 20.4 Å². The maximum absolute atomic E-state index is 11.8. The van der Waals surface area contributed by atoms with Gasteiger partial charge in [-0.1, -0.05) is 60.1 Å². The second kappa shape index (κ2) is 8.04. The molecule has 0 amide bonds. The van der Waals surface area contributed by atoms with Crippen molar-refractivity contribution in [1.29, 1.82) is 0 Å². The molecule has 194 valence electrons. The minimum Gasteiger partial charge on any atom is -0.393 e. The van der Waals surface area contributed by atoms with Crippen LogP contribution in [0.2, 0.25) is 0 Å². The highest BCUT2D eigenvalue weighted by Crippen LogP contribution is 2.71. The highest BCUT2D eigenvalue weighted by Gasteiger charge is 2.69. The number of aliphatic hydroxyl groups is 4. The van der Waals surface area contributed by atoms with E-state index in [1.807, 2.05) is 6.08 Å². The zero-order valence-corrected chi connectivity index (χ0v) is 22.5. The van der Waals surface area contributed by atoms with E-state index in [0.29, 0.717) is 41.4 Å². The Morgan fingerprint density at radius 3 is 2.24 bits per heavy atom. The molecule has 4 N–H and O–H groups in total. The monoisotopic (exact) mass is 474 g/mol. The van der Waals surface area contributed by atoms with E-state index in [9.17, 15) is 20.4 Å². The first-order chi connectivity index (χ1) is 15.8. The van der Waals surface area contributed by atoms with Gasteiger partial charge in [-0.05, 0) is 90.8 Å². The van der Waals surface area contributed by atoms with E-state index in [1.54, 1.807) is 0 Å². The van der Waals surface area contributed by atoms with E-state index in [-0.39, 0.29) is 34.7 Å². The van der Waals surface area contributed by atoms with Crippen LogP contribution in [0.15, 0.2) is 11.6 Å². The third kappa shape index (κ3) is 3.23. The lowest BCUT2D eigenvalue weighted by atomic mass is 9.44. The molecule has 0 saturated heterocycles. The van der Waals surface area contributed by atoms with Crippen molar-refractivity contribution in [1.82, 2.24) is 0 Å². The van der Waals surface area contributed by atoms with Crippen molar-refractivity contribution >= 4 is 0 Å². The first-order valence-corrected chi connectivity index (χ1v) is 14.2. The van der Waals surface area contributed by atoms with E-state index < -0.39 is 18.3 Å². The maximum atomic E-state index is 11.8. The molecule has 0 aliphatic heterocycles. The molecule has 0 spiro atoms. The summed E-state index contributed by atoms with van der Waals surface area (Å²) in [6.07, 6.45) is 4.94. The van der Waals surface area contributed by atoms with Crippen molar-refractivity contribution in [3.8, 4) is 0 Å². The molecule has 34 heavy (non-hydrogen) atoms. The smallest absolute Gasteiger partial charge is 0.0861 e. The fourth-order valence-electron chi connectivity index (χ4n) is 10.4. The Morgan fingerprint density at radius 2 is 1.59 bits per heavy atom. The van der Waals surface area contributed by atoms with Gasteiger partial charge in [0.05, 0.1) is 24.4 Å². The Bertz CT molecular complexity index is 838. The summed E-state index contributed by atoms with van der Waals surface area (Å²) in [5.74, 6) is 2.94. The molecule has 5 aliphatic carbocycles. The van der Waals surface area contributed by atoms with Gasteiger partial charge in [-0.3, -0.25) is 0 Å². The Kier molecular flexibility index (Phi) is 5.97. The summed E-state index contributed by atoms with van der Waals surface area (Å²) in [7, 11) is 0. The van der Waals surface area contributed by atoms with Gasteiger partial charge < -0.3 is 20.4 Å². The van der Waals surface area contributed by atoms with Crippen LogP contribution in [0.3, 0.4) is 0 Å². The second-order valence-electron chi connectivity index (χ2n) is 14.4. The zero-order valence-electron chi connectivity index (χ0n) is 22.5. The molecule has 4 fully saturated rings. The maximum Gasteiger partial charge on any atom is 0.0861 e. The molecule has 0 radical (unpaired) electrons. The number of rotatable bonds is 4. The minimum atomic E-state index is -0.835. The topological polar surface area (TPSA) is 80.9 Å². The second-order valence-corrected chi connectivity index (χ2v) is 14.4. The summed E-state index contributed by atoms with van der Waals surface area (Å²) in [5, 5.41) is 45.3. The van der Waals surface area contributed by atoms with Gasteiger partial charge in [-0.2, -0.15) is 0 Å². The van der Waals surface area contributed by atoms with Crippen molar-refractivity contribution in [2.75, 3.05) is 0 Å². The summed E-state index contributed by atoms with van der Waals surface area (Å²) < 4.78 is 0. The average Bonchev–Trinajstić information content (AvgIpc) is 3.34. The lowest BCUT2D eigenvalue weighted by Gasteiger charge is -2.62. The van der Waals surface area contributed by atoms with Crippen molar-refractivity contribution in [2.45, 2.75) is 111 Å². The van der Waals surface area contributed by atoms with Crippen LogP contribution in [0.5, 0.6) is 0 Å². The molecule has 4 nitrogen and oxygen atoms in total. The number of fused-ring (bicyclic) bond motifs is 5. The zero-order chi connectivity index (χ0) is 25.0. The number of hydrogen-bond acceptors (Lipinski definition) is 4. The predicted octanol–water partition coefficient (Wildman–Crippen LogP) is 4.79. The molecular formula is C30H50O4. The fraction of sp³-hybridized carbons (Fsp3) is 0.933. The predicted molar refractivity (Wildman–Crippen MR) is 135 cm³/mol. The van der Waals surface area contributed by atoms with Gasteiger partial charge in [0.15, 0.2) is 0 Å². The first-order valence-electron chi connectivity index (χ1n) is 14.2. The minimum absolute atomic E-state index is 0.0234. The number of aliphatic hydroxyl groups excluding tert-OH is 4. The molecule has 0 heterocycles. The summed E-state index contributed by atoms with van der Waals surface area (Å²) in [4.78, 5) is 0. The van der Waals surface area contributed by atoms with Gasteiger partial charge in [0.2, 0.25) is 0 Å². The van der Waals surface area contributed by atoms with Crippen LogP contribution in [-0.4, -0.2) is 44.8 Å². The molecule has 14 unspecified atom stereocenters. The molecule has 5 aliphatic rings. The Hall–Kier alpha value is -0.420. The molecule has 14 atom stereocenters. The lowest BCUT2D eigenvalue weighted by molar-refractivity contribution is -0.218. The average molecular weight is 475 g/mol. The van der Waals surface area contributed by atoms with E-state index in [4.69, 9.17) is 0 Å². The fourth-order valence-corrected chi connectivity index (χ4v) is 10.4. The van der Waals surface area contributed by atoms with Gasteiger partial charge >= 0.3 is 0 Å². The van der Waals surface area contributed by atoms with Gasteiger partial charge in [0, 0.05) is 11.3 Å². The van der Waals surface area contributed by atoms with Crippen LogP contribution in [0, 0.1) is 63.6 Å². The van der Waals surface area contributed by atoms with Crippen LogP contribution in [0.1, 0.15) is 87.0 Å². The highest BCUT2D eigenvalue weighted by molar-refractivity contribution is 5.30. The molecule has 0 aromatic heterocycles. The molecule has 5 rings (SSSR count). The van der Waals surface area contributed by atoms with Crippen molar-refractivity contribution in [3.63, 3.8) is 0 Å². The van der Waals surface area contributed by atoms with Gasteiger partial charge in [-0.25, -0.2) is 0 Å². The van der Waals surface area contributed by atoms with Gasteiger partial charge in [0.1, 0.15) is 0 Å². The molecular weight excluding hydrogens is 424 g/mol. The Labute approximate surface area is 207 Å². The summed E-state index contributed by atoms with van der Waals surface area (Å²) in [6.45, 7) is 16.4. The van der Waals surface area contributed by atoms with Gasteiger partial charge in [0.25, 0.3) is 0 Å². The van der Waals surface area contributed by atoms with Crippen molar-refractivity contribution in [3.05, 3.63) is 11.6 Å². The summed E-state index contributed by atoms with van der Waals surface area (Å²) >= 11 is 0. The van der Waals surface area contributed by atoms with Crippen molar-refractivity contribution in [2.24, 2.45) is 63.6 Å². The largest absolute Gasteiger partial charge is 0.393 e. The van der Waals surface area contributed by atoms with Crippen LogP contribution >= 0.6 is 0 Å². The molecule has 4 saturated carbocycles. The SMILES string of the molecule is CC(C)C(C)C1(C)CC1C(C)C1CCC2C3C(O)C=C4CC(O)CCC4(C)C3C(O)C(O)C12C. The molecule has 0 aromatic rings. The van der Waals surface area contributed by atoms with E-state index in [0.717, 1.165) is 31.3 Å². The van der Waals surface area contributed by atoms with E-state index in [2.05, 4.69) is 48.5 Å². The third-order valence-electron chi connectivity index (χ3n) is 12.9. The normalized spacial score (nSPS) is 56.2. The van der Waals surface area contributed by atoms with Crippen LogP contribution in [-0.2, 0) is 0 Å². The van der Waals surface area contributed by atoms with E-state index >= 15 is 0 Å². The number of hydrogen-bond donors (Lipinski definition) is 4. The quantitative estimate of drug-likeness (QED) is 0.442. The summed E-state index contributed by atoms with van der Waals surface area (Å²) in [5.41, 5.74) is 0.841.